The summed E-state index contributed by atoms with van der Waals surface area (Å²) in [6.45, 7) is 1.45. The van der Waals surface area contributed by atoms with Crippen LogP contribution in [0.2, 0.25) is 10.0 Å². The average Bonchev–Trinajstić information content (AvgIpc) is 2.65. The van der Waals surface area contributed by atoms with E-state index >= 15 is 0 Å². The van der Waals surface area contributed by atoms with E-state index in [1.54, 1.807) is 32.2 Å². The molecular weight excluding hydrogens is 389 g/mol. The molecule has 2 aromatic rings. The molecule has 0 aliphatic heterocycles. The number of amides is 1. The molecule has 0 saturated carbocycles. The molecule has 2 rings (SSSR count). The highest BCUT2D eigenvalue weighted by Gasteiger charge is 2.14. The van der Waals surface area contributed by atoms with E-state index in [4.69, 9.17) is 32.7 Å². The number of carbonyl (C=O) groups excluding carboxylic acids is 2. The van der Waals surface area contributed by atoms with Gasteiger partial charge in [-0.25, -0.2) is 0 Å². The van der Waals surface area contributed by atoms with Crippen molar-refractivity contribution in [3.63, 3.8) is 0 Å². The minimum absolute atomic E-state index is 0.193. The molecule has 1 amide bonds. The van der Waals surface area contributed by atoms with Gasteiger partial charge >= 0.3 is 5.97 Å². The summed E-state index contributed by atoms with van der Waals surface area (Å²) >= 11 is 12.0. The Labute approximate surface area is 168 Å². The van der Waals surface area contributed by atoms with Crippen molar-refractivity contribution in [2.75, 3.05) is 13.7 Å². The van der Waals surface area contributed by atoms with Crippen LogP contribution in [0, 0.1) is 0 Å². The summed E-state index contributed by atoms with van der Waals surface area (Å²) < 4.78 is 10.1. The van der Waals surface area contributed by atoms with Crippen LogP contribution in [0.15, 0.2) is 42.5 Å². The van der Waals surface area contributed by atoms with Crippen molar-refractivity contribution in [2.24, 2.45) is 0 Å². The van der Waals surface area contributed by atoms with Crippen LogP contribution in [-0.4, -0.2) is 25.6 Å². The van der Waals surface area contributed by atoms with E-state index in [9.17, 15) is 9.59 Å². The van der Waals surface area contributed by atoms with Gasteiger partial charge in [-0.1, -0.05) is 41.4 Å². The SMILES string of the molecule is COc1ccc(CCC(=O)OCC(=O)N[C@H](C)c2ccc(Cl)cc2Cl)cc1. The molecule has 144 valence electrons. The molecular formula is C20H21Cl2NO4. The Kier molecular flexibility index (Phi) is 7.95. The zero-order valence-corrected chi connectivity index (χ0v) is 16.6. The molecule has 0 heterocycles. The summed E-state index contributed by atoms with van der Waals surface area (Å²) in [5.41, 5.74) is 1.73. The van der Waals surface area contributed by atoms with Crippen LogP contribution in [0.5, 0.6) is 5.75 Å². The van der Waals surface area contributed by atoms with Gasteiger partial charge < -0.3 is 14.8 Å². The third-order valence-electron chi connectivity index (χ3n) is 3.95. The first-order valence-electron chi connectivity index (χ1n) is 8.42. The van der Waals surface area contributed by atoms with Gasteiger partial charge in [0, 0.05) is 16.5 Å². The monoisotopic (exact) mass is 409 g/mol. The molecule has 1 atom stereocenters. The molecule has 5 nitrogen and oxygen atoms in total. The minimum Gasteiger partial charge on any atom is -0.497 e. The Hall–Kier alpha value is -2.24. The number of hydrogen-bond acceptors (Lipinski definition) is 4. The molecule has 7 heteroatoms. The van der Waals surface area contributed by atoms with Gasteiger partial charge in [-0.2, -0.15) is 0 Å². The van der Waals surface area contributed by atoms with Gasteiger partial charge in [0.15, 0.2) is 6.61 Å². The summed E-state index contributed by atoms with van der Waals surface area (Å²) in [6, 6.07) is 12.2. The van der Waals surface area contributed by atoms with Crippen LogP contribution in [0.1, 0.15) is 30.5 Å². The fourth-order valence-electron chi connectivity index (χ4n) is 2.47. The smallest absolute Gasteiger partial charge is 0.306 e. The molecule has 0 saturated heterocycles. The van der Waals surface area contributed by atoms with Crippen LogP contribution in [-0.2, 0) is 20.7 Å². The quantitative estimate of drug-likeness (QED) is 0.657. The van der Waals surface area contributed by atoms with Crippen molar-refractivity contribution >= 4 is 35.1 Å². The second-order valence-corrected chi connectivity index (χ2v) is 6.81. The number of carbonyl (C=O) groups is 2. The number of benzene rings is 2. The molecule has 0 spiro atoms. The normalized spacial score (nSPS) is 11.6. The summed E-state index contributed by atoms with van der Waals surface area (Å²) in [4.78, 5) is 23.8. The first kappa shape index (κ1) is 21.1. The van der Waals surface area contributed by atoms with Gasteiger partial charge in [-0.05, 0) is 48.7 Å². The summed E-state index contributed by atoms with van der Waals surface area (Å²) in [5, 5.41) is 3.73. The predicted molar refractivity (Wildman–Crippen MR) is 105 cm³/mol. The number of ether oxygens (including phenoxy) is 2. The summed E-state index contributed by atoms with van der Waals surface area (Å²) in [7, 11) is 1.60. The molecule has 0 aromatic heterocycles. The number of aryl methyl sites for hydroxylation is 1. The maximum Gasteiger partial charge on any atom is 0.306 e. The molecule has 0 aliphatic rings. The maximum absolute atomic E-state index is 12.0. The van der Waals surface area contributed by atoms with Crippen LogP contribution in [0.4, 0.5) is 0 Å². The lowest BCUT2D eigenvalue weighted by atomic mass is 10.1. The number of rotatable bonds is 8. The van der Waals surface area contributed by atoms with Crippen molar-refractivity contribution in [1.82, 2.24) is 5.32 Å². The first-order chi connectivity index (χ1) is 12.9. The van der Waals surface area contributed by atoms with Gasteiger partial charge in [0.05, 0.1) is 13.2 Å². The fourth-order valence-corrected chi connectivity index (χ4v) is 3.04. The topological polar surface area (TPSA) is 64.6 Å². The van der Waals surface area contributed by atoms with Crippen LogP contribution >= 0.6 is 23.2 Å². The van der Waals surface area contributed by atoms with Gasteiger partial charge in [0.1, 0.15) is 5.75 Å². The Bertz CT molecular complexity index is 793. The van der Waals surface area contributed by atoms with Gasteiger partial charge in [-0.3, -0.25) is 9.59 Å². The van der Waals surface area contributed by atoms with E-state index in [-0.39, 0.29) is 19.1 Å². The highest BCUT2D eigenvalue weighted by molar-refractivity contribution is 6.35. The number of methoxy groups -OCH3 is 1. The van der Waals surface area contributed by atoms with E-state index < -0.39 is 11.9 Å². The minimum atomic E-state index is -0.432. The van der Waals surface area contributed by atoms with E-state index in [1.807, 2.05) is 24.3 Å². The average molecular weight is 410 g/mol. The molecule has 0 bridgehead atoms. The third kappa shape index (κ3) is 6.77. The molecule has 0 fully saturated rings. The standard InChI is InChI=1S/C20H21Cl2NO4/c1-13(17-9-6-15(21)11-18(17)22)23-19(24)12-27-20(25)10-5-14-3-7-16(26-2)8-4-14/h3-4,6-9,11,13H,5,10,12H2,1-2H3,(H,23,24)/t13-/m1/s1. The van der Waals surface area contributed by atoms with E-state index in [2.05, 4.69) is 5.32 Å². The van der Waals surface area contributed by atoms with Crippen molar-refractivity contribution in [1.29, 1.82) is 0 Å². The van der Waals surface area contributed by atoms with Gasteiger partial charge in [-0.15, -0.1) is 0 Å². The van der Waals surface area contributed by atoms with Crippen LogP contribution in [0.3, 0.4) is 0 Å². The molecule has 1 N–H and O–H groups in total. The van der Waals surface area contributed by atoms with Crippen molar-refractivity contribution in [2.45, 2.75) is 25.8 Å². The molecule has 0 unspecified atom stereocenters. The predicted octanol–water partition coefficient (Wildman–Crippen LogP) is 4.36. The molecule has 2 aromatic carbocycles. The van der Waals surface area contributed by atoms with Crippen molar-refractivity contribution in [3.8, 4) is 5.75 Å². The van der Waals surface area contributed by atoms with Crippen molar-refractivity contribution < 1.29 is 19.1 Å². The molecule has 0 radical (unpaired) electrons. The zero-order chi connectivity index (χ0) is 19.8. The van der Waals surface area contributed by atoms with Crippen LogP contribution in [0.25, 0.3) is 0 Å². The highest BCUT2D eigenvalue weighted by Crippen LogP contribution is 2.26. The van der Waals surface area contributed by atoms with E-state index in [0.29, 0.717) is 16.5 Å². The molecule has 27 heavy (non-hydrogen) atoms. The second kappa shape index (κ2) is 10.2. The maximum atomic E-state index is 12.0. The fraction of sp³-hybridized carbons (Fsp3) is 0.300. The number of esters is 1. The Morgan fingerprint density at radius 2 is 1.81 bits per heavy atom. The largest absolute Gasteiger partial charge is 0.497 e. The number of halogens is 2. The Balaban J connectivity index is 1.74. The Morgan fingerprint density at radius 3 is 2.44 bits per heavy atom. The Morgan fingerprint density at radius 1 is 1.11 bits per heavy atom. The lowest BCUT2D eigenvalue weighted by Crippen LogP contribution is -2.31. The van der Waals surface area contributed by atoms with E-state index in [0.717, 1.165) is 16.9 Å². The lowest BCUT2D eigenvalue weighted by Gasteiger charge is -2.16. The zero-order valence-electron chi connectivity index (χ0n) is 15.1. The number of nitrogens with one attached hydrogen (secondary N) is 1. The highest BCUT2D eigenvalue weighted by atomic mass is 35.5. The first-order valence-corrected chi connectivity index (χ1v) is 9.17. The molecule has 0 aliphatic carbocycles. The second-order valence-electron chi connectivity index (χ2n) is 5.96. The lowest BCUT2D eigenvalue weighted by molar-refractivity contribution is -0.148. The number of hydrogen-bond donors (Lipinski definition) is 1. The summed E-state index contributed by atoms with van der Waals surface area (Å²) in [5.74, 6) is -0.0719. The summed E-state index contributed by atoms with van der Waals surface area (Å²) in [6.07, 6.45) is 0.722. The van der Waals surface area contributed by atoms with E-state index in [1.165, 1.54) is 0 Å². The van der Waals surface area contributed by atoms with Gasteiger partial charge in [0.25, 0.3) is 5.91 Å². The van der Waals surface area contributed by atoms with Crippen LogP contribution < -0.4 is 10.1 Å². The third-order valence-corrected chi connectivity index (χ3v) is 4.51. The van der Waals surface area contributed by atoms with Gasteiger partial charge in [0.2, 0.25) is 0 Å². The van der Waals surface area contributed by atoms with Crippen molar-refractivity contribution in [3.05, 3.63) is 63.6 Å².